The van der Waals surface area contributed by atoms with Gasteiger partial charge in [-0.25, -0.2) is 0 Å². The highest BCUT2D eigenvalue weighted by molar-refractivity contribution is 7.27. The van der Waals surface area contributed by atoms with Crippen molar-refractivity contribution in [2.45, 2.75) is 52.9 Å². The van der Waals surface area contributed by atoms with Crippen LogP contribution in [0.2, 0.25) is 0 Å². The van der Waals surface area contributed by atoms with Gasteiger partial charge in [0.05, 0.1) is 0 Å². The van der Waals surface area contributed by atoms with E-state index in [1.807, 2.05) is 34.0 Å². The fourth-order valence-corrected chi connectivity index (χ4v) is 9.48. The number of hydrogen-bond donors (Lipinski definition) is 0. The second-order valence-electron chi connectivity index (χ2n) is 10.8. The molecule has 0 fully saturated rings. The number of unbranched alkanes of at least 4 members (excludes halogenated alkanes) is 3. The quantitative estimate of drug-likeness (QED) is 0.170. The molecule has 0 N–H and O–H groups in total. The molecule has 0 saturated heterocycles. The lowest BCUT2D eigenvalue weighted by molar-refractivity contribution is 0.668. The van der Waals surface area contributed by atoms with Gasteiger partial charge < -0.3 is 0 Å². The van der Waals surface area contributed by atoms with E-state index in [4.69, 9.17) is 0 Å². The molecule has 0 atom stereocenters. The fourth-order valence-electron chi connectivity index (χ4n) is 5.89. The Balaban J connectivity index is 1.32. The third-order valence-corrected chi connectivity index (χ3v) is 11.6. The van der Waals surface area contributed by atoms with Crippen molar-refractivity contribution in [1.29, 1.82) is 0 Å². The zero-order valence-electron chi connectivity index (χ0n) is 22.8. The molecule has 0 saturated carbocycles. The highest BCUT2D eigenvalue weighted by Gasteiger charge is 2.16. The summed E-state index contributed by atoms with van der Waals surface area (Å²) >= 11 is 5.85. The molecule has 39 heavy (non-hydrogen) atoms. The molecule has 194 valence electrons. The van der Waals surface area contributed by atoms with E-state index in [2.05, 4.69) is 99.6 Å². The third kappa shape index (κ3) is 4.51. The van der Waals surface area contributed by atoms with E-state index >= 15 is 0 Å². The highest BCUT2D eigenvalue weighted by Crippen LogP contribution is 2.45. The van der Waals surface area contributed by atoms with Crippen LogP contribution in [0.1, 0.15) is 48.6 Å². The van der Waals surface area contributed by atoms with Gasteiger partial charge in [0.15, 0.2) is 0 Å². The van der Waals surface area contributed by atoms with Crippen LogP contribution in [0.15, 0.2) is 78.9 Å². The van der Waals surface area contributed by atoms with Crippen LogP contribution in [0.25, 0.3) is 61.9 Å². The second-order valence-corrected chi connectivity index (χ2v) is 14.2. The molecule has 0 aliphatic rings. The summed E-state index contributed by atoms with van der Waals surface area (Å²) in [5.74, 6) is 0. The number of aryl methyl sites for hydroxylation is 3. The minimum absolute atomic E-state index is 1.17. The van der Waals surface area contributed by atoms with Gasteiger partial charge in [-0.2, -0.15) is 0 Å². The van der Waals surface area contributed by atoms with Gasteiger partial charge in [-0.05, 0) is 83.6 Å². The first-order chi connectivity index (χ1) is 19.1. The molecular formula is C36H32S3. The Morgan fingerprint density at radius 3 is 2.00 bits per heavy atom. The average molecular weight is 561 g/mol. The maximum Gasteiger partial charge on any atom is 0.0481 e. The molecule has 4 aromatic carbocycles. The predicted octanol–water partition coefficient (Wildman–Crippen LogP) is 12.6. The SMILES string of the molecule is CCCCCCc1cc(-c2ccc3c(ccc4c5ccc6cc(C)ccc6c5sc34)c2)sc1-c1ccc(C)s1. The average Bonchev–Trinajstić information content (AvgIpc) is 3.67. The maximum atomic E-state index is 2.48. The Labute approximate surface area is 242 Å². The molecule has 0 bridgehead atoms. The number of hydrogen-bond acceptors (Lipinski definition) is 3. The zero-order chi connectivity index (χ0) is 26.5. The molecule has 0 spiro atoms. The summed E-state index contributed by atoms with van der Waals surface area (Å²) < 4.78 is 2.81. The van der Waals surface area contributed by atoms with Gasteiger partial charge >= 0.3 is 0 Å². The first kappa shape index (κ1) is 25.0. The van der Waals surface area contributed by atoms with Crippen LogP contribution in [0.5, 0.6) is 0 Å². The van der Waals surface area contributed by atoms with Gasteiger partial charge in [-0.1, -0.05) is 86.3 Å². The first-order valence-electron chi connectivity index (χ1n) is 14.1. The predicted molar refractivity (Wildman–Crippen MR) is 178 cm³/mol. The minimum atomic E-state index is 1.17. The summed E-state index contributed by atoms with van der Waals surface area (Å²) in [6.07, 6.45) is 6.38. The molecule has 0 radical (unpaired) electrons. The highest BCUT2D eigenvalue weighted by atomic mass is 32.1. The van der Waals surface area contributed by atoms with Gasteiger partial charge in [-0.3, -0.25) is 0 Å². The normalized spacial score (nSPS) is 12.0. The topological polar surface area (TPSA) is 0 Å². The van der Waals surface area contributed by atoms with E-state index in [1.54, 1.807) is 0 Å². The Bertz CT molecular complexity index is 1980. The lowest BCUT2D eigenvalue weighted by Crippen LogP contribution is -1.85. The Kier molecular flexibility index (Phi) is 6.55. The molecular weight excluding hydrogens is 529 g/mol. The number of fused-ring (bicyclic) bond motifs is 7. The van der Waals surface area contributed by atoms with Crippen LogP contribution in [0.3, 0.4) is 0 Å². The van der Waals surface area contributed by atoms with Crippen molar-refractivity contribution in [2.24, 2.45) is 0 Å². The van der Waals surface area contributed by atoms with Crippen molar-refractivity contribution in [3.8, 4) is 20.2 Å². The van der Waals surface area contributed by atoms with Gasteiger partial charge in [0, 0.05) is 39.7 Å². The smallest absolute Gasteiger partial charge is 0.0481 e. The fraction of sp³-hybridized carbons (Fsp3) is 0.222. The molecule has 3 aromatic heterocycles. The van der Waals surface area contributed by atoms with Crippen molar-refractivity contribution >= 4 is 75.7 Å². The summed E-state index contributed by atoms with van der Waals surface area (Å²) in [5.41, 5.74) is 4.18. The standard InChI is InChI=1S/C36H32S3/c1-4-5-6-7-8-27-21-33(38-34(27)32-18-10-23(3)37-32)26-13-15-29-25(20-26)12-17-31-30-16-11-24-19-22(2)9-14-28(24)35(30)39-36(29)31/h9-21H,4-8H2,1-3H3. The van der Waals surface area contributed by atoms with Gasteiger partial charge in [0.2, 0.25) is 0 Å². The van der Waals surface area contributed by atoms with E-state index in [0.29, 0.717) is 0 Å². The summed E-state index contributed by atoms with van der Waals surface area (Å²) in [6.45, 7) is 6.68. The summed E-state index contributed by atoms with van der Waals surface area (Å²) in [7, 11) is 0. The molecule has 3 heteroatoms. The molecule has 0 nitrogen and oxygen atoms in total. The molecule has 7 aromatic rings. The van der Waals surface area contributed by atoms with E-state index in [-0.39, 0.29) is 0 Å². The van der Waals surface area contributed by atoms with Crippen LogP contribution in [-0.2, 0) is 6.42 Å². The van der Waals surface area contributed by atoms with Gasteiger partial charge in [0.1, 0.15) is 0 Å². The van der Waals surface area contributed by atoms with Crippen molar-refractivity contribution in [1.82, 2.24) is 0 Å². The molecule has 0 amide bonds. The van der Waals surface area contributed by atoms with Crippen molar-refractivity contribution in [3.05, 3.63) is 94.9 Å². The second kappa shape index (κ2) is 10.2. The lowest BCUT2D eigenvalue weighted by Gasteiger charge is -2.03. The minimum Gasteiger partial charge on any atom is -0.140 e. The van der Waals surface area contributed by atoms with E-state index in [9.17, 15) is 0 Å². The molecule has 0 aliphatic heterocycles. The van der Waals surface area contributed by atoms with Crippen molar-refractivity contribution in [2.75, 3.05) is 0 Å². The molecule has 0 aliphatic carbocycles. The largest absolute Gasteiger partial charge is 0.140 e. The number of rotatable bonds is 7. The zero-order valence-corrected chi connectivity index (χ0v) is 25.2. The first-order valence-corrected chi connectivity index (χ1v) is 16.5. The van der Waals surface area contributed by atoms with Gasteiger partial charge in [-0.15, -0.1) is 34.0 Å². The van der Waals surface area contributed by atoms with Crippen molar-refractivity contribution < 1.29 is 0 Å². The summed E-state index contributed by atoms with van der Waals surface area (Å²) in [5, 5.41) is 8.14. The van der Waals surface area contributed by atoms with Crippen molar-refractivity contribution in [3.63, 3.8) is 0 Å². The maximum absolute atomic E-state index is 2.48. The number of benzene rings is 4. The summed E-state index contributed by atoms with van der Waals surface area (Å²) in [4.78, 5) is 5.67. The Morgan fingerprint density at radius 2 is 1.28 bits per heavy atom. The Morgan fingerprint density at radius 1 is 0.564 bits per heavy atom. The lowest BCUT2D eigenvalue weighted by atomic mass is 10.0. The molecule has 7 rings (SSSR count). The van der Waals surface area contributed by atoms with E-state index in [1.165, 1.54) is 110 Å². The molecule has 0 unspecified atom stereocenters. The van der Waals surface area contributed by atoms with Crippen LogP contribution in [0.4, 0.5) is 0 Å². The van der Waals surface area contributed by atoms with Crippen LogP contribution in [-0.4, -0.2) is 0 Å². The van der Waals surface area contributed by atoms with Crippen LogP contribution < -0.4 is 0 Å². The number of thiophene rings is 3. The molecule has 3 heterocycles. The summed E-state index contributed by atoms with van der Waals surface area (Å²) in [6, 6.07) is 30.3. The van der Waals surface area contributed by atoms with Crippen LogP contribution in [0, 0.1) is 13.8 Å². The third-order valence-electron chi connectivity index (χ3n) is 7.95. The van der Waals surface area contributed by atoms with Gasteiger partial charge in [0.25, 0.3) is 0 Å². The Hall–Kier alpha value is -2.98. The van der Waals surface area contributed by atoms with Crippen LogP contribution >= 0.6 is 34.0 Å². The van der Waals surface area contributed by atoms with E-state index < -0.39 is 0 Å². The van der Waals surface area contributed by atoms with E-state index in [0.717, 1.165) is 0 Å². The monoisotopic (exact) mass is 560 g/mol.